The van der Waals surface area contributed by atoms with Gasteiger partial charge in [0.05, 0.1) is 91.8 Å². The van der Waals surface area contributed by atoms with Gasteiger partial charge >= 0.3 is 12.1 Å². The summed E-state index contributed by atoms with van der Waals surface area (Å²) in [6.45, 7) is 8.30. The van der Waals surface area contributed by atoms with E-state index in [9.17, 15) is 19.7 Å². The highest BCUT2D eigenvalue weighted by Crippen LogP contribution is 2.38. The van der Waals surface area contributed by atoms with Gasteiger partial charge in [0.25, 0.3) is 5.69 Å². The van der Waals surface area contributed by atoms with E-state index in [1.807, 2.05) is 91.3 Å². The van der Waals surface area contributed by atoms with Crippen molar-refractivity contribution in [3.05, 3.63) is 166 Å². The molecule has 0 atom stereocenters. The fraction of sp³-hybridized carbons (Fsp3) is 0.228. The van der Waals surface area contributed by atoms with E-state index >= 15 is 0 Å². The van der Waals surface area contributed by atoms with Gasteiger partial charge in [0.15, 0.2) is 0 Å². The molecular weight excluding hydrogens is 990 g/mol. The molecule has 2 fully saturated rings. The quantitative estimate of drug-likeness (QED) is 0.0592. The Labute approximate surface area is 444 Å². The molecule has 0 bridgehead atoms. The van der Waals surface area contributed by atoms with Gasteiger partial charge in [-0.3, -0.25) is 29.9 Å². The first-order valence-electron chi connectivity index (χ1n) is 24.5. The van der Waals surface area contributed by atoms with Crippen LogP contribution in [-0.2, 0) is 22.6 Å². The first-order chi connectivity index (χ1) is 37.1. The molecule has 4 N–H and O–H groups in total. The minimum atomic E-state index is -0.546. The number of pyridine rings is 2. The van der Waals surface area contributed by atoms with Crippen molar-refractivity contribution in [2.75, 3.05) is 95.2 Å². The summed E-state index contributed by atoms with van der Waals surface area (Å²) in [7, 11) is 4.47. The van der Waals surface area contributed by atoms with Gasteiger partial charge in [-0.1, -0.05) is 84.4 Å². The minimum Gasteiger partial charge on any atom is -0.495 e. The van der Waals surface area contributed by atoms with E-state index in [4.69, 9.17) is 40.3 Å². The number of rotatable bonds is 14. The Hall–Kier alpha value is -8.39. The number of nitrogens with zero attached hydrogens (tertiary/aromatic N) is 5. The molecule has 2 aromatic heterocycles. The fourth-order valence-electron chi connectivity index (χ4n) is 9.07. The molecule has 76 heavy (non-hydrogen) atoms. The summed E-state index contributed by atoms with van der Waals surface area (Å²) >= 11 is 6.25. The number of non-ortho nitro benzene ring substituents is 1. The van der Waals surface area contributed by atoms with Crippen molar-refractivity contribution in [1.82, 2.24) is 19.8 Å². The molecule has 2 saturated heterocycles. The molecule has 4 heterocycles. The van der Waals surface area contributed by atoms with Crippen LogP contribution in [0.1, 0.15) is 11.4 Å². The van der Waals surface area contributed by atoms with Crippen molar-refractivity contribution in [2.45, 2.75) is 13.1 Å². The zero-order valence-corrected chi connectivity index (χ0v) is 42.9. The predicted molar refractivity (Wildman–Crippen MR) is 296 cm³/mol. The number of nitro groups is 1. The second kappa shape index (κ2) is 24.8. The lowest BCUT2D eigenvalue weighted by molar-refractivity contribution is -0.384. The Morgan fingerprint density at radius 1 is 0.553 bits per heavy atom. The SMILES string of the molecule is COc1cc(OC)c(NC(=O)Nc2ccc(-c3ccc(CN4CCOCC4)nc3)c3ccccc23)cc1Cl.COc1ccc([N+](=O)[O-])cc1NC(=O)Nc1ccc(-c2ccc(CN3CCOCC3)nc2)c2ccccc12. The van der Waals surface area contributed by atoms with Crippen LogP contribution >= 0.6 is 11.6 Å². The zero-order valence-electron chi connectivity index (χ0n) is 42.1. The topological polar surface area (TPSA) is 204 Å². The van der Waals surface area contributed by atoms with Gasteiger partial charge in [-0.25, -0.2) is 9.59 Å². The lowest BCUT2D eigenvalue weighted by Gasteiger charge is -2.26. The number of carbonyl (C=O) groups excluding carboxylic acids is 2. The molecule has 0 radical (unpaired) electrons. The predicted octanol–water partition coefficient (Wildman–Crippen LogP) is 11.3. The van der Waals surface area contributed by atoms with Gasteiger partial charge in [0.1, 0.15) is 17.2 Å². The number of hydrogen-bond acceptors (Lipinski definition) is 13. The maximum Gasteiger partial charge on any atom is 0.323 e. The van der Waals surface area contributed by atoms with E-state index in [2.05, 4.69) is 54.3 Å². The maximum atomic E-state index is 12.9. The van der Waals surface area contributed by atoms with E-state index in [1.165, 1.54) is 39.5 Å². The Morgan fingerprint density at radius 3 is 1.43 bits per heavy atom. The molecule has 4 amide bonds. The number of benzene rings is 6. The Kier molecular flexibility index (Phi) is 17.1. The first kappa shape index (κ1) is 52.5. The standard InChI is InChI=1S/C29H29ClN4O4.C28H27N5O5/c1-36-27-16-28(37-2)26(15-24(27)30)33-29(35)32-25-10-9-21(22-5-3-4-6-23(22)25)19-7-8-20(31-17-19)18-34-11-13-38-14-12-34;1-37-27-11-8-21(33(35)36)16-26(27)31-28(34)30-25-10-9-22(23-4-2-3-5-24(23)25)19-6-7-20(29-17-19)18-32-12-14-38-15-13-32/h3-10,15-17H,11-14,18H2,1-2H3,(H2,32,33,35);2-11,16-17H,12-15,18H2,1H3,(H2,30,31,34). The van der Waals surface area contributed by atoms with Gasteiger partial charge in [-0.2, -0.15) is 0 Å². The largest absolute Gasteiger partial charge is 0.495 e. The number of halogens is 1. The molecule has 10 rings (SSSR count). The van der Waals surface area contributed by atoms with Gasteiger partial charge in [-0.15, -0.1) is 0 Å². The van der Waals surface area contributed by atoms with Crippen molar-refractivity contribution >= 4 is 73.6 Å². The number of hydrogen-bond donors (Lipinski definition) is 4. The zero-order chi connectivity index (χ0) is 53.0. The summed E-state index contributed by atoms with van der Waals surface area (Å²) in [5.41, 5.74) is 7.82. The highest BCUT2D eigenvalue weighted by molar-refractivity contribution is 6.32. The number of nitrogens with one attached hydrogen (secondary N) is 4. The minimum absolute atomic E-state index is 0.152. The Morgan fingerprint density at radius 2 is 1.00 bits per heavy atom. The van der Waals surface area contributed by atoms with E-state index < -0.39 is 17.0 Å². The third-order valence-electron chi connectivity index (χ3n) is 13.0. The first-order valence-corrected chi connectivity index (χ1v) is 24.9. The molecule has 390 valence electrons. The van der Waals surface area contributed by atoms with Crippen LogP contribution in [0.25, 0.3) is 43.8 Å². The average molecular weight is 1050 g/mol. The summed E-state index contributed by atoms with van der Waals surface area (Å²) < 4.78 is 26.7. The number of anilines is 4. The van der Waals surface area contributed by atoms with Gasteiger partial charge in [-0.05, 0) is 58.3 Å². The number of aromatic nitrogens is 2. The van der Waals surface area contributed by atoms with Gasteiger partial charge in [0.2, 0.25) is 0 Å². The molecule has 0 spiro atoms. The highest BCUT2D eigenvalue weighted by atomic mass is 35.5. The van der Waals surface area contributed by atoms with Crippen molar-refractivity contribution in [3.8, 4) is 39.5 Å². The monoisotopic (exact) mass is 1050 g/mol. The number of methoxy groups -OCH3 is 3. The Bertz CT molecular complexity index is 3350. The molecule has 2 aliphatic rings. The van der Waals surface area contributed by atoms with E-state index in [1.54, 1.807) is 12.1 Å². The van der Waals surface area contributed by atoms with Crippen LogP contribution in [0.15, 0.2) is 140 Å². The average Bonchev–Trinajstić information content (AvgIpc) is 3.44. The molecule has 19 heteroatoms. The fourth-order valence-corrected chi connectivity index (χ4v) is 9.31. The highest BCUT2D eigenvalue weighted by Gasteiger charge is 2.19. The number of fused-ring (bicyclic) bond motifs is 2. The molecule has 0 unspecified atom stereocenters. The van der Waals surface area contributed by atoms with Crippen molar-refractivity contribution < 1.29 is 38.2 Å². The van der Waals surface area contributed by atoms with Crippen LogP contribution in [0.3, 0.4) is 0 Å². The smallest absolute Gasteiger partial charge is 0.323 e. The summed E-state index contributed by atoms with van der Waals surface area (Å²) in [5, 5.41) is 26.5. The van der Waals surface area contributed by atoms with E-state index in [0.717, 1.165) is 121 Å². The number of morpholine rings is 2. The lowest BCUT2D eigenvalue weighted by Crippen LogP contribution is -2.35. The molecule has 0 saturated carbocycles. The van der Waals surface area contributed by atoms with Crippen LogP contribution in [-0.4, -0.2) is 111 Å². The van der Waals surface area contributed by atoms with E-state index in [0.29, 0.717) is 39.3 Å². The van der Waals surface area contributed by atoms with Gasteiger partial charge in [0, 0.05) is 91.8 Å². The number of amides is 4. The second-order valence-electron chi connectivity index (χ2n) is 17.8. The molecule has 2 aliphatic heterocycles. The molecule has 18 nitrogen and oxygen atoms in total. The third kappa shape index (κ3) is 12.7. The second-order valence-corrected chi connectivity index (χ2v) is 18.2. The molecule has 0 aliphatic carbocycles. The molecular formula is C57H56ClN9O9. The van der Waals surface area contributed by atoms with Crippen LogP contribution in [0, 0.1) is 10.1 Å². The number of urea groups is 2. The summed E-state index contributed by atoms with van der Waals surface area (Å²) in [4.78, 5) is 50.5. The number of carbonyl (C=O) groups is 2. The van der Waals surface area contributed by atoms with Crippen LogP contribution in [0.5, 0.6) is 17.2 Å². The van der Waals surface area contributed by atoms with Crippen LogP contribution < -0.4 is 35.5 Å². The number of nitro benzene ring substituents is 1. The summed E-state index contributed by atoms with van der Waals surface area (Å²) in [6.07, 6.45) is 3.79. The lowest BCUT2D eigenvalue weighted by atomic mass is 9.98. The molecule has 6 aromatic carbocycles. The van der Waals surface area contributed by atoms with E-state index in [-0.39, 0.29) is 11.4 Å². The van der Waals surface area contributed by atoms with Crippen LogP contribution in [0.2, 0.25) is 5.02 Å². The van der Waals surface area contributed by atoms with Crippen molar-refractivity contribution in [3.63, 3.8) is 0 Å². The summed E-state index contributed by atoms with van der Waals surface area (Å²) in [6, 6.07) is 38.0. The molecule has 8 aromatic rings. The maximum absolute atomic E-state index is 12.9. The van der Waals surface area contributed by atoms with Crippen LogP contribution in [0.4, 0.5) is 38.0 Å². The third-order valence-corrected chi connectivity index (χ3v) is 13.3. The van der Waals surface area contributed by atoms with Gasteiger partial charge < -0.3 is 45.0 Å². The number of ether oxygens (including phenoxy) is 5. The normalized spacial score (nSPS) is 13.7. The Balaban J connectivity index is 0.000000186. The van der Waals surface area contributed by atoms with Crippen molar-refractivity contribution in [1.29, 1.82) is 0 Å². The van der Waals surface area contributed by atoms with Crippen molar-refractivity contribution in [2.24, 2.45) is 0 Å². The summed E-state index contributed by atoms with van der Waals surface area (Å²) in [5.74, 6) is 1.21.